The molecule has 3 aromatic rings. The summed E-state index contributed by atoms with van der Waals surface area (Å²) in [5.41, 5.74) is 4.91. The summed E-state index contributed by atoms with van der Waals surface area (Å²) >= 11 is 0. The van der Waals surface area contributed by atoms with Crippen LogP contribution in [0.2, 0.25) is 0 Å². The molecule has 0 radical (unpaired) electrons. The van der Waals surface area contributed by atoms with E-state index in [2.05, 4.69) is 20.9 Å². The van der Waals surface area contributed by atoms with Gasteiger partial charge in [0.1, 0.15) is 18.3 Å². The van der Waals surface area contributed by atoms with Crippen LogP contribution in [0, 0.1) is 0 Å². The third kappa shape index (κ3) is 5.65. The van der Waals surface area contributed by atoms with Crippen LogP contribution in [0.3, 0.4) is 0 Å². The third-order valence-corrected chi connectivity index (χ3v) is 5.95. The van der Waals surface area contributed by atoms with E-state index in [9.17, 15) is 14.4 Å². The van der Waals surface area contributed by atoms with Crippen LogP contribution in [0.4, 0.5) is 4.79 Å². The Hall–Kier alpha value is -4.21. The molecule has 10 nitrogen and oxygen atoms in total. The Morgan fingerprint density at radius 1 is 1.09 bits per heavy atom. The molecule has 0 spiro atoms. The van der Waals surface area contributed by atoms with E-state index in [1.165, 1.54) is 0 Å². The number of aryl methyl sites for hydroxylation is 1. The van der Waals surface area contributed by atoms with E-state index in [-0.39, 0.29) is 31.9 Å². The molecule has 1 heterocycles. The minimum absolute atomic E-state index is 0.0764. The van der Waals surface area contributed by atoms with Gasteiger partial charge in [0.25, 0.3) is 0 Å². The first-order chi connectivity index (χ1) is 17.0. The van der Waals surface area contributed by atoms with Crippen LogP contribution in [-0.4, -0.2) is 50.7 Å². The number of ether oxygens (including phenoxy) is 1. The molecule has 0 bridgehead atoms. The van der Waals surface area contributed by atoms with Gasteiger partial charge in [-0.05, 0) is 35.6 Å². The van der Waals surface area contributed by atoms with Crippen molar-refractivity contribution in [3.8, 4) is 11.1 Å². The van der Waals surface area contributed by atoms with Gasteiger partial charge in [-0.15, -0.1) is 5.10 Å². The van der Waals surface area contributed by atoms with E-state index in [0.29, 0.717) is 12.2 Å². The predicted octanol–water partition coefficient (Wildman–Crippen LogP) is 2.69. The minimum Gasteiger partial charge on any atom is -0.481 e. The fourth-order valence-corrected chi connectivity index (χ4v) is 4.19. The van der Waals surface area contributed by atoms with E-state index in [1.807, 2.05) is 55.5 Å². The molecule has 0 aliphatic heterocycles. The lowest BCUT2D eigenvalue weighted by molar-refractivity contribution is -0.137. The normalized spacial score (nSPS) is 12.9. The van der Waals surface area contributed by atoms with Crippen molar-refractivity contribution in [1.29, 1.82) is 0 Å². The number of carbonyl (C=O) groups excluding carboxylic acids is 2. The maximum Gasteiger partial charge on any atom is 0.407 e. The van der Waals surface area contributed by atoms with Crippen molar-refractivity contribution in [3.63, 3.8) is 0 Å². The Morgan fingerprint density at radius 2 is 1.74 bits per heavy atom. The van der Waals surface area contributed by atoms with Crippen molar-refractivity contribution in [2.24, 2.45) is 0 Å². The summed E-state index contributed by atoms with van der Waals surface area (Å²) in [4.78, 5) is 36.4. The number of nitrogens with one attached hydrogen (secondary N) is 2. The number of aromatic nitrogens is 3. The van der Waals surface area contributed by atoms with Gasteiger partial charge >= 0.3 is 12.1 Å². The molecular weight excluding hydrogens is 450 g/mol. The van der Waals surface area contributed by atoms with Crippen molar-refractivity contribution < 1.29 is 24.2 Å². The molecule has 3 N–H and O–H groups in total. The number of hydrogen-bond acceptors (Lipinski definition) is 6. The van der Waals surface area contributed by atoms with Crippen molar-refractivity contribution >= 4 is 18.0 Å². The van der Waals surface area contributed by atoms with Crippen LogP contribution in [0.15, 0.2) is 54.7 Å². The number of carbonyl (C=O) groups is 3. The topological polar surface area (TPSA) is 135 Å². The van der Waals surface area contributed by atoms with Crippen LogP contribution in [0.5, 0.6) is 0 Å². The van der Waals surface area contributed by atoms with Gasteiger partial charge in [0, 0.05) is 18.9 Å². The highest BCUT2D eigenvalue weighted by molar-refractivity contribution is 5.86. The van der Waals surface area contributed by atoms with E-state index in [4.69, 9.17) is 9.84 Å². The van der Waals surface area contributed by atoms with Crippen LogP contribution in [0.25, 0.3) is 11.1 Å². The van der Waals surface area contributed by atoms with Crippen LogP contribution >= 0.6 is 0 Å². The van der Waals surface area contributed by atoms with E-state index < -0.39 is 24.0 Å². The molecule has 182 valence electrons. The second-order valence-corrected chi connectivity index (χ2v) is 8.24. The molecule has 10 heteroatoms. The summed E-state index contributed by atoms with van der Waals surface area (Å²) in [6.45, 7) is 2.75. The molecule has 1 aliphatic rings. The largest absolute Gasteiger partial charge is 0.481 e. The lowest BCUT2D eigenvalue weighted by Gasteiger charge is -2.19. The number of carboxylic acids is 1. The highest BCUT2D eigenvalue weighted by Gasteiger charge is 2.30. The van der Waals surface area contributed by atoms with Crippen molar-refractivity contribution in [2.75, 3.05) is 6.61 Å². The molecule has 1 aromatic heterocycles. The standard InChI is InChI=1S/C25H27N5O5/c1-2-30-14-16(28-29-30)13-26-24(33)22(11-12-23(31)32)27-25(34)35-15-21-19-9-5-3-7-17(19)18-8-4-6-10-20(18)21/h3-10,14,21-22H,2,11-13,15H2,1H3,(H,26,33)(H,27,34)(H,31,32). The Morgan fingerprint density at radius 3 is 2.34 bits per heavy atom. The van der Waals surface area contributed by atoms with E-state index >= 15 is 0 Å². The van der Waals surface area contributed by atoms with Crippen molar-refractivity contribution in [2.45, 2.75) is 44.8 Å². The molecule has 1 unspecified atom stereocenters. The van der Waals surface area contributed by atoms with Gasteiger partial charge < -0.3 is 20.5 Å². The minimum atomic E-state index is -1.07. The predicted molar refractivity (Wildman–Crippen MR) is 126 cm³/mol. The third-order valence-electron chi connectivity index (χ3n) is 5.95. The monoisotopic (exact) mass is 477 g/mol. The molecule has 0 fully saturated rings. The van der Waals surface area contributed by atoms with Crippen molar-refractivity contribution in [3.05, 3.63) is 71.5 Å². The quantitative estimate of drug-likeness (QED) is 0.408. The number of alkyl carbamates (subject to hydrolysis) is 1. The number of rotatable bonds is 10. The maximum atomic E-state index is 12.7. The zero-order valence-corrected chi connectivity index (χ0v) is 19.3. The Kier molecular flexibility index (Phi) is 7.39. The van der Waals surface area contributed by atoms with E-state index in [1.54, 1.807) is 10.9 Å². The fraction of sp³-hybridized carbons (Fsp3) is 0.320. The van der Waals surface area contributed by atoms with Crippen LogP contribution in [-0.2, 0) is 27.4 Å². The molecule has 1 atom stereocenters. The maximum absolute atomic E-state index is 12.7. The number of fused-ring (bicyclic) bond motifs is 3. The van der Waals surface area contributed by atoms with Gasteiger partial charge in [-0.3, -0.25) is 14.3 Å². The van der Waals surface area contributed by atoms with Crippen LogP contribution < -0.4 is 10.6 Å². The van der Waals surface area contributed by atoms with Gasteiger partial charge in [0.15, 0.2) is 0 Å². The molecule has 4 rings (SSSR count). The lowest BCUT2D eigenvalue weighted by Crippen LogP contribution is -2.47. The van der Waals surface area contributed by atoms with Gasteiger partial charge in [0.2, 0.25) is 5.91 Å². The summed E-state index contributed by atoms with van der Waals surface area (Å²) < 4.78 is 7.13. The first-order valence-corrected chi connectivity index (χ1v) is 11.5. The average Bonchev–Trinajstić information content (AvgIpc) is 3.46. The summed E-state index contributed by atoms with van der Waals surface area (Å²) in [7, 11) is 0. The second kappa shape index (κ2) is 10.8. The second-order valence-electron chi connectivity index (χ2n) is 8.24. The molecule has 2 aromatic carbocycles. The SMILES string of the molecule is CCn1cc(CNC(=O)C(CCC(=O)O)NC(=O)OCC2c3ccccc3-c3ccccc32)nn1. The first kappa shape index (κ1) is 23.9. The highest BCUT2D eigenvalue weighted by Crippen LogP contribution is 2.44. The smallest absolute Gasteiger partial charge is 0.407 e. The first-order valence-electron chi connectivity index (χ1n) is 11.5. The number of benzene rings is 2. The van der Waals surface area contributed by atoms with Crippen LogP contribution in [0.1, 0.15) is 42.5 Å². The number of aliphatic carboxylic acids is 1. The number of carboxylic acid groups (broad SMARTS) is 1. The highest BCUT2D eigenvalue weighted by atomic mass is 16.5. The number of amides is 2. The van der Waals surface area contributed by atoms with Gasteiger partial charge in [-0.2, -0.15) is 0 Å². The van der Waals surface area contributed by atoms with Gasteiger partial charge in [-0.25, -0.2) is 4.79 Å². The van der Waals surface area contributed by atoms with E-state index in [0.717, 1.165) is 22.3 Å². The summed E-state index contributed by atoms with van der Waals surface area (Å²) in [6.07, 6.45) is 0.557. The average molecular weight is 478 g/mol. The summed E-state index contributed by atoms with van der Waals surface area (Å²) in [6, 6.07) is 14.9. The Bertz CT molecular complexity index is 1180. The molecule has 1 aliphatic carbocycles. The zero-order chi connectivity index (χ0) is 24.8. The zero-order valence-electron chi connectivity index (χ0n) is 19.3. The molecular formula is C25H27N5O5. The lowest BCUT2D eigenvalue weighted by atomic mass is 9.98. The number of nitrogens with zero attached hydrogens (tertiary/aromatic N) is 3. The fourth-order valence-electron chi connectivity index (χ4n) is 4.19. The summed E-state index contributed by atoms with van der Waals surface area (Å²) in [5, 5.41) is 22.1. The molecule has 0 saturated carbocycles. The molecule has 0 saturated heterocycles. The number of hydrogen-bond donors (Lipinski definition) is 3. The Labute approximate surface area is 202 Å². The molecule has 35 heavy (non-hydrogen) atoms. The Balaban J connectivity index is 1.38. The van der Waals surface area contributed by atoms with Crippen molar-refractivity contribution in [1.82, 2.24) is 25.6 Å². The van der Waals surface area contributed by atoms with Gasteiger partial charge in [0.05, 0.1) is 12.7 Å². The summed E-state index contributed by atoms with van der Waals surface area (Å²) in [5.74, 6) is -1.71. The molecule has 2 amide bonds. The van der Waals surface area contributed by atoms with Gasteiger partial charge in [-0.1, -0.05) is 53.7 Å².